The lowest BCUT2D eigenvalue weighted by Gasteiger charge is -2.19. The minimum absolute atomic E-state index is 0.303. The van der Waals surface area contributed by atoms with Gasteiger partial charge in [0.1, 0.15) is 5.60 Å². The third-order valence-corrected chi connectivity index (χ3v) is 2.62. The zero-order valence-electron chi connectivity index (χ0n) is 11.5. The number of amides is 1. The summed E-state index contributed by atoms with van der Waals surface area (Å²) in [6.07, 6.45) is -0.533. The van der Waals surface area contributed by atoms with Gasteiger partial charge in [0.25, 0.3) is 0 Å². The van der Waals surface area contributed by atoms with Crippen LogP contribution in [0.2, 0.25) is 5.02 Å². The highest BCUT2D eigenvalue weighted by Crippen LogP contribution is 2.28. The van der Waals surface area contributed by atoms with E-state index in [0.717, 1.165) is 5.56 Å². The minimum Gasteiger partial charge on any atom is -0.444 e. The molecule has 19 heavy (non-hydrogen) atoms. The lowest BCUT2D eigenvalue weighted by molar-refractivity contribution is 0.0636. The summed E-state index contributed by atoms with van der Waals surface area (Å²) in [5.41, 5.74) is 0.735. The van der Waals surface area contributed by atoms with E-state index >= 15 is 0 Å². The van der Waals surface area contributed by atoms with Gasteiger partial charge in [0.2, 0.25) is 6.04 Å². The SMILES string of the molecule is [C-]#[N+]C(C)c1ccc(NC(=O)OC(C)(C)C)cc1Cl. The number of ether oxygens (including phenoxy) is 1. The number of carbonyl (C=O) groups excluding carboxylic acids is 1. The van der Waals surface area contributed by atoms with Crippen LogP contribution in [0.4, 0.5) is 10.5 Å². The van der Waals surface area contributed by atoms with E-state index in [1.807, 2.05) is 0 Å². The highest BCUT2D eigenvalue weighted by molar-refractivity contribution is 6.31. The van der Waals surface area contributed by atoms with E-state index in [2.05, 4.69) is 10.2 Å². The number of carbonyl (C=O) groups is 1. The lowest BCUT2D eigenvalue weighted by atomic mass is 10.1. The van der Waals surface area contributed by atoms with Crippen molar-refractivity contribution in [3.05, 3.63) is 40.2 Å². The third kappa shape index (κ3) is 4.80. The number of hydrogen-bond acceptors (Lipinski definition) is 2. The summed E-state index contributed by atoms with van der Waals surface area (Å²) in [5, 5.41) is 3.06. The van der Waals surface area contributed by atoms with Crippen molar-refractivity contribution in [2.24, 2.45) is 0 Å². The van der Waals surface area contributed by atoms with Crippen molar-refractivity contribution in [1.29, 1.82) is 0 Å². The fourth-order valence-corrected chi connectivity index (χ4v) is 1.77. The van der Waals surface area contributed by atoms with Crippen molar-refractivity contribution in [1.82, 2.24) is 0 Å². The molecule has 1 aromatic rings. The minimum atomic E-state index is -0.549. The second-order valence-electron chi connectivity index (χ2n) is 5.17. The molecule has 0 aliphatic rings. The van der Waals surface area contributed by atoms with Crippen LogP contribution in [0.3, 0.4) is 0 Å². The first-order valence-electron chi connectivity index (χ1n) is 5.89. The van der Waals surface area contributed by atoms with Crippen LogP contribution in [-0.4, -0.2) is 11.7 Å². The molecule has 1 atom stereocenters. The first-order chi connectivity index (χ1) is 8.73. The number of benzene rings is 1. The van der Waals surface area contributed by atoms with Crippen LogP contribution in [0.5, 0.6) is 0 Å². The fourth-order valence-electron chi connectivity index (χ4n) is 1.43. The Morgan fingerprint density at radius 3 is 2.58 bits per heavy atom. The molecule has 1 N–H and O–H groups in total. The zero-order valence-corrected chi connectivity index (χ0v) is 12.2. The summed E-state index contributed by atoms with van der Waals surface area (Å²) >= 11 is 6.08. The van der Waals surface area contributed by atoms with Gasteiger partial charge in [-0.25, -0.2) is 11.4 Å². The van der Waals surface area contributed by atoms with Gasteiger partial charge in [-0.15, -0.1) is 0 Å². The Morgan fingerprint density at radius 1 is 1.47 bits per heavy atom. The van der Waals surface area contributed by atoms with Crippen LogP contribution >= 0.6 is 11.6 Å². The predicted molar refractivity (Wildman–Crippen MR) is 76.3 cm³/mol. The van der Waals surface area contributed by atoms with E-state index in [-0.39, 0.29) is 6.04 Å². The summed E-state index contributed by atoms with van der Waals surface area (Å²) < 4.78 is 5.14. The molecule has 1 rings (SSSR count). The van der Waals surface area contributed by atoms with E-state index in [0.29, 0.717) is 10.7 Å². The maximum Gasteiger partial charge on any atom is 0.412 e. The molecule has 0 heterocycles. The van der Waals surface area contributed by atoms with E-state index in [9.17, 15) is 4.79 Å². The van der Waals surface area contributed by atoms with Crippen molar-refractivity contribution in [3.8, 4) is 0 Å². The maximum atomic E-state index is 11.6. The topological polar surface area (TPSA) is 42.7 Å². The smallest absolute Gasteiger partial charge is 0.412 e. The second kappa shape index (κ2) is 5.94. The number of rotatable bonds is 2. The summed E-state index contributed by atoms with van der Waals surface area (Å²) in [6, 6.07) is 4.75. The van der Waals surface area contributed by atoms with E-state index in [4.69, 9.17) is 22.9 Å². The number of nitrogens with zero attached hydrogens (tertiary/aromatic N) is 1. The summed E-state index contributed by atoms with van der Waals surface area (Å²) in [4.78, 5) is 15.0. The van der Waals surface area contributed by atoms with Crippen molar-refractivity contribution in [3.63, 3.8) is 0 Å². The molecule has 5 heteroatoms. The van der Waals surface area contributed by atoms with Crippen LogP contribution in [0.25, 0.3) is 4.85 Å². The number of anilines is 1. The van der Waals surface area contributed by atoms with Gasteiger partial charge in [-0.1, -0.05) is 11.6 Å². The monoisotopic (exact) mass is 280 g/mol. The van der Waals surface area contributed by atoms with Crippen LogP contribution < -0.4 is 5.32 Å². The molecule has 0 saturated carbocycles. The van der Waals surface area contributed by atoms with Gasteiger partial charge in [-0.2, -0.15) is 0 Å². The summed E-state index contributed by atoms with van der Waals surface area (Å²) in [5.74, 6) is 0. The summed E-state index contributed by atoms with van der Waals surface area (Å²) in [6.45, 7) is 14.1. The Bertz CT molecular complexity index is 515. The third-order valence-electron chi connectivity index (χ3n) is 2.29. The maximum absolute atomic E-state index is 11.6. The number of hydrogen-bond donors (Lipinski definition) is 1. The lowest BCUT2D eigenvalue weighted by Crippen LogP contribution is -2.27. The Kier molecular flexibility index (Phi) is 4.79. The van der Waals surface area contributed by atoms with Gasteiger partial charge in [0.15, 0.2) is 0 Å². The molecule has 1 aromatic carbocycles. The van der Waals surface area contributed by atoms with E-state index in [1.54, 1.807) is 45.9 Å². The van der Waals surface area contributed by atoms with Crippen molar-refractivity contribution >= 4 is 23.4 Å². The normalized spacial score (nSPS) is 12.4. The molecule has 0 bridgehead atoms. The second-order valence-corrected chi connectivity index (χ2v) is 5.58. The van der Waals surface area contributed by atoms with E-state index < -0.39 is 11.7 Å². The number of halogens is 1. The van der Waals surface area contributed by atoms with Crippen LogP contribution in [0, 0.1) is 6.57 Å². The van der Waals surface area contributed by atoms with Crippen LogP contribution in [0.15, 0.2) is 18.2 Å². The molecule has 0 aromatic heterocycles. The molecule has 1 amide bonds. The van der Waals surface area contributed by atoms with Crippen molar-refractivity contribution < 1.29 is 9.53 Å². The molecule has 102 valence electrons. The quantitative estimate of drug-likeness (QED) is 0.800. The average molecular weight is 281 g/mol. The molecule has 0 saturated heterocycles. The van der Waals surface area contributed by atoms with Crippen LogP contribution in [-0.2, 0) is 4.74 Å². The van der Waals surface area contributed by atoms with Gasteiger partial charge in [-0.3, -0.25) is 5.32 Å². The highest BCUT2D eigenvalue weighted by atomic mass is 35.5. The molecule has 0 radical (unpaired) electrons. The van der Waals surface area contributed by atoms with Gasteiger partial charge < -0.3 is 9.58 Å². The summed E-state index contributed by atoms with van der Waals surface area (Å²) in [7, 11) is 0. The first-order valence-corrected chi connectivity index (χ1v) is 6.27. The largest absolute Gasteiger partial charge is 0.444 e. The first kappa shape index (κ1) is 15.3. The Balaban J connectivity index is 2.80. The van der Waals surface area contributed by atoms with Crippen LogP contribution in [0.1, 0.15) is 39.3 Å². The molecular weight excluding hydrogens is 264 g/mol. The molecule has 1 unspecified atom stereocenters. The van der Waals surface area contributed by atoms with Crippen molar-refractivity contribution in [2.75, 3.05) is 5.32 Å². The molecule has 0 aliphatic carbocycles. The fraction of sp³-hybridized carbons (Fsp3) is 0.429. The average Bonchev–Trinajstić information content (AvgIpc) is 2.25. The van der Waals surface area contributed by atoms with Crippen molar-refractivity contribution in [2.45, 2.75) is 39.3 Å². The molecule has 4 nitrogen and oxygen atoms in total. The van der Waals surface area contributed by atoms with Gasteiger partial charge >= 0.3 is 6.09 Å². The Labute approximate surface area is 118 Å². The molecular formula is C14H17ClN2O2. The predicted octanol–water partition coefficient (Wildman–Crippen LogP) is 4.67. The Morgan fingerprint density at radius 2 is 2.11 bits per heavy atom. The zero-order chi connectivity index (χ0) is 14.6. The van der Waals surface area contributed by atoms with Gasteiger partial charge in [0, 0.05) is 12.6 Å². The molecule has 0 aliphatic heterocycles. The van der Waals surface area contributed by atoms with Gasteiger partial charge in [-0.05, 0) is 39.0 Å². The highest BCUT2D eigenvalue weighted by Gasteiger charge is 2.17. The van der Waals surface area contributed by atoms with E-state index in [1.165, 1.54) is 0 Å². The Hall–Kier alpha value is -1.73. The van der Waals surface area contributed by atoms with Gasteiger partial charge in [0.05, 0.1) is 10.6 Å². The standard InChI is InChI=1S/C14H17ClN2O2/c1-9(16-5)11-7-6-10(8-12(11)15)17-13(18)19-14(2,3)4/h6-9H,1-4H3,(H,17,18). The molecule has 0 spiro atoms. The number of nitrogens with one attached hydrogen (secondary N) is 1. The molecule has 0 fully saturated rings.